The topological polar surface area (TPSA) is 20.2 Å². The Morgan fingerprint density at radius 3 is 2.44 bits per heavy atom. The quantitative estimate of drug-likeness (QED) is 0.652. The molecule has 0 aromatic heterocycles. The van der Waals surface area contributed by atoms with E-state index in [2.05, 4.69) is 42.5 Å². The first kappa shape index (κ1) is 11.2. The van der Waals surface area contributed by atoms with Crippen LogP contribution in [0.4, 0.5) is 0 Å². The highest BCUT2D eigenvalue weighted by Gasteiger charge is 2.10. The summed E-state index contributed by atoms with van der Waals surface area (Å²) in [7, 11) is 0. The number of hydrogen-bond donors (Lipinski definition) is 1. The molecule has 0 aliphatic rings. The molecule has 0 saturated carbocycles. The number of benzene rings is 3. The van der Waals surface area contributed by atoms with Gasteiger partial charge in [-0.15, -0.1) is 0 Å². The smallest absolute Gasteiger partial charge is 0.0793 e. The van der Waals surface area contributed by atoms with Gasteiger partial charge in [-0.2, -0.15) is 0 Å². The summed E-state index contributed by atoms with van der Waals surface area (Å²) in [6, 6.07) is 18.8. The molecule has 1 atom stereocenters. The van der Waals surface area contributed by atoms with Crippen molar-refractivity contribution in [3.05, 3.63) is 60.2 Å². The molecule has 18 heavy (non-hydrogen) atoms. The summed E-state index contributed by atoms with van der Waals surface area (Å²) in [4.78, 5) is 0. The van der Waals surface area contributed by atoms with E-state index in [9.17, 15) is 5.11 Å². The van der Waals surface area contributed by atoms with Crippen molar-refractivity contribution in [2.45, 2.75) is 19.4 Å². The second-order valence-corrected chi connectivity index (χ2v) is 4.65. The normalized spacial score (nSPS) is 13.0. The third-order valence-electron chi connectivity index (χ3n) is 3.57. The van der Waals surface area contributed by atoms with Crippen LogP contribution in [0.1, 0.15) is 25.0 Å². The minimum atomic E-state index is -0.380. The number of fused-ring (bicyclic) bond motifs is 3. The Morgan fingerprint density at radius 1 is 0.833 bits per heavy atom. The Balaban J connectivity index is 2.40. The van der Waals surface area contributed by atoms with Crippen molar-refractivity contribution in [1.82, 2.24) is 0 Å². The Labute approximate surface area is 107 Å². The molecule has 0 saturated heterocycles. The van der Waals surface area contributed by atoms with Gasteiger partial charge in [-0.05, 0) is 33.5 Å². The van der Waals surface area contributed by atoms with Gasteiger partial charge in [0.05, 0.1) is 6.10 Å². The van der Waals surface area contributed by atoms with Gasteiger partial charge in [0.2, 0.25) is 0 Å². The van der Waals surface area contributed by atoms with E-state index in [1.54, 1.807) is 0 Å². The lowest BCUT2D eigenvalue weighted by atomic mass is 9.95. The van der Waals surface area contributed by atoms with Crippen LogP contribution in [0, 0.1) is 0 Å². The summed E-state index contributed by atoms with van der Waals surface area (Å²) < 4.78 is 0. The van der Waals surface area contributed by atoms with Crippen LogP contribution in [0.3, 0.4) is 0 Å². The standard InChI is InChI=1S/C17H16O/c1-2-17(18)16-9-5-8-14-13-7-4-3-6-12(13)10-11-15(14)16/h3-11,17-18H,2H2,1H3. The van der Waals surface area contributed by atoms with Crippen LogP contribution in [0.15, 0.2) is 54.6 Å². The molecule has 0 aliphatic carbocycles. The van der Waals surface area contributed by atoms with Crippen LogP contribution in [0.5, 0.6) is 0 Å². The lowest BCUT2D eigenvalue weighted by molar-refractivity contribution is 0.175. The SMILES string of the molecule is CCC(O)c1cccc2c1ccc1ccccc12. The first-order valence-corrected chi connectivity index (χ1v) is 6.39. The van der Waals surface area contributed by atoms with Crippen LogP contribution in [0.2, 0.25) is 0 Å². The van der Waals surface area contributed by atoms with Crippen LogP contribution in [0.25, 0.3) is 21.5 Å². The number of rotatable bonds is 2. The molecule has 0 spiro atoms. The van der Waals surface area contributed by atoms with Crippen molar-refractivity contribution < 1.29 is 5.11 Å². The van der Waals surface area contributed by atoms with E-state index < -0.39 is 0 Å². The fourth-order valence-corrected chi connectivity index (χ4v) is 2.58. The maximum atomic E-state index is 10.1. The van der Waals surface area contributed by atoms with Gasteiger partial charge in [-0.25, -0.2) is 0 Å². The minimum absolute atomic E-state index is 0.380. The lowest BCUT2D eigenvalue weighted by Crippen LogP contribution is -1.96. The van der Waals surface area contributed by atoms with Gasteiger partial charge in [-0.3, -0.25) is 0 Å². The molecule has 3 aromatic carbocycles. The summed E-state index contributed by atoms with van der Waals surface area (Å²) >= 11 is 0. The van der Waals surface area contributed by atoms with Crippen molar-refractivity contribution in [3.8, 4) is 0 Å². The molecule has 90 valence electrons. The second kappa shape index (κ2) is 4.43. The number of aliphatic hydroxyl groups excluding tert-OH is 1. The van der Waals surface area contributed by atoms with Gasteiger partial charge < -0.3 is 5.11 Å². The fraction of sp³-hybridized carbons (Fsp3) is 0.176. The van der Waals surface area contributed by atoms with Crippen LogP contribution in [-0.4, -0.2) is 5.11 Å². The van der Waals surface area contributed by atoms with Gasteiger partial charge in [0, 0.05) is 0 Å². The fourth-order valence-electron chi connectivity index (χ4n) is 2.58. The van der Waals surface area contributed by atoms with Crippen LogP contribution >= 0.6 is 0 Å². The van der Waals surface area contributed by atoms with Gasteiger partial charge in [0.25, 0.3) is 0 Å². The molecule has 0 radical (unpaired) electrons. The zero-order chi connectivity index (χ0) is 12.5. The molecule has 1 N–H and O–H groups in total. The molecule has 0 aliphatic heterocycles. The van der Waals surface area contributed by atoms with Crippen LogP contribution < -0.4 is 0 Å². The predicted octanol–water partition coefficient (Wildman–Crippen LogP) is 4.44. The molecule has 1 unspecified atom stereocenters. The Bertz CT molecular complexity index is 700. The van der Waals surface area contributed by atoms with Crippen molar-refractivity contribution in [2.24, 2.45) is 0 Å². The van der Waals surface area contributed by atoms with Gasteiger partial charge >= 0.3 is 0 Å². The first-order valence-electron chi connectivity index (χ1n) is 6.39. The van der Waals surface area contributed by atoms with Crippen molar-refractivity contribution in [2.75, 3.05) is 0 Å². The zero-order valence-corrected chi connectivity index (χ0v) is 10.4. The first-order chi connectivity index (χ1) is 8.81. The summed E-state index contributed by atoms with van der Waals surface area (Å²) in [6.07, 6.45) is 0.362. The van der Waals surface area contributed by atoms with E-state index in [4.69, 9.17) is 0 Å². The molecule has 1 heteroatoms. The maximum absolute atomic E-state index is 10.1. The maximum Gasteiger partial charge on any atom is 0.0793 e. The highest BCUT2D eigenvalue weighted by atomic mass is 16.3. The zero-order valence-electron chi connectivity index (χ0n) is 10.4. The molecule has 0 fully saturated rings. The van der Waals surface area contributed by atoms with E-state index in [1.807, 2.05) is 19.1 Å². The molecule has 3 rings (SSSR count). The van der Waals surface area contributed by atoms with Crippen molar-refractivity contribution in [3.63, 3.8) is 0 Å². The Kier molecular flexibility index (Phi) is 2.77. The monoisotopic (exact) mass is 236 g/mol. The minimum Gasteiger partial charge on any atom is -0.388 e. The van der Waals surface area contributed by atoms with Crippen molar-refractivity contribution >= 4 is 21.5 Å². The molecule has 0 amide bonds. The molecule has 0 heterocycles. The molecular weight excluding hydrogens is 220 g/mol. The second-order valence-electron chi connectivity index (χ2n) is 4.65. The van der Waals surface area contributed by atoms with Crippen molar-refractivity contribution in [1.29, 1.82) is 0 Å². The van der Waals surface area contributed by atoms with Gasteiger partial charge in [0.1, 0.15) is 0 Å². The highest BCUT2D eigenvalue weighted by Crippen LogP contribution is 2.31. The average molecular weight is 236 g/mol. The molecule has 1 nitrogen and oxygen atoms in total. The summed E-state index contributed by atoms with van der Waals surface area (Å²) in [5.74, 6) is 0. The van der Waals surface area contributed by atoms with E-state index >= 15 is 0 Å². The summed E-state index contributed by atoms with van der Waals surface area (Å²) in [5.41, 5.74) is 1.03. The Morgan fingerprint density at radius 2 is 1.61 bits per heavy atom. The van der Waals surface area contributed by atoms with Gasteiger partial charge in [-0.1, -0.05) is 61.5 Å². The van der Waals surface area contributed by atoms with E-state index in [1.165, 1.54) is 16.2 Å². The van der Waals surface area contributed by atoms with E-state index in [0.29, 0.717) is 0 Å². The number of aliphatic hydroxyl groups is 1. The average Bonchev–Trinajstić information content (AvgIpc) is 2.45. The largest absolute Gasteiger partial charge is 0.388 e. The molecular formula is C17H16O. The van der Waals surface area contributed by atoms with E-state index in [0.717, 1.165) is 17.4 Å². The third-order valence-corrected chi connectivity index (χ3v) is 3.57. The lowest BCUT2D eigenvalue weighted by Gasteiger charge is -2.13. The summed E-state index contributed by atoms with van der Waals surface area (Å²) in [6.45, 7) is 2.00. The molecule has 3 aromatic rings. The van der Waals surface area contributed by atoms with Crippen LogP contribution in [-0.2, 0) is 0 Å². The van der Waals surface area contributed by atoms with E-state index in [-0.39, 0.29) is 6.10 Å². The predicted molar refractivity (Wildman–Crippen MR) is 76.7 cm³/mol. The highest BCUT2D eigenvalue weighted by molar-refractivity contribution is 6.08. The van der Waals surface area contributed by atoms with Gasteiger partial charge in [0.15, 0.2) is 0 Å². The Hall–Kier alpha value is -1.86. The number of hydrogen-bond acceptors (Lipinski definition) is 1. The third kappa shape index (κ3) is 1.68. The molecule has 0 bridgehead atoms. The summed E-state index contributed by atoms with van der Waals surface area (Å²) in [5, 5.41) is 15.0.